The highest BCUT2D eigenvalue weighted by atomic mass is 32.2. The van der Waals surface area contributed by atoms with Gasteiger partial charge in [0.2, 0.25) is 5.91 Å². The number of para-hydroxylation sites is 1. The van der Waals surface area contributed by atoms with Crippen LogP contribution in [0.4, 0.5) is 16.2 Å². The van der Waals surface area contributed by atoms with E-state index in [1.165, 1.54) is 37.3 Å². The number of urea groups is 1. The molecule has 9 heteroatoms. The third kappa shape index (κ3) is 3.29. The van der Waals surface area contributed by atoms with Crippen molar-refractivity contribution in [3.05, 3.63) is 54.1 Å². The number of benzene rings is 2. The van der Waals surface area contributed by atoms with Crippen LogP contribution in [0.1, 0.15) is 17.3 Å². The largest absolute Gasteiger partial charge is 0.336 e. The lowest BCUT2D eigenvalue weighted by atomic mass is 10.1. The van der Waals surface area contributed by atoms with E-state index in [0.717, 1.165) is 0 Å². The Morgan fingerprint density at radius 3 is 2.38 bits per heavy atom. The maximum atomic E-state index is 12.6. The number of Topliss-reactive ketones (excluding diaryl/α,β-unsaturated/α-hetero) is 1. The van der Waals surface area contributed by atoms with E-state index in [0.29, 0.717) is 15.6 Å². The first kappa shape index (κ1) is 17.6. The Morgan fingerprint density at radius 2 is 1.73 bits per heavy atom. The topological polar surface area (TPSA) is 113 Å². The monoisotopic (exact) mass is 373 g/mol. The number of rotatable bonds is 4. The van der Waals surface area contributed by atoms with Crippen molar-refractivity contribution in [2.75, 3.05) is 17.2 Å². The van der Waals surface area contributed by atoms with Crippen LogP contribution >= 0.6 is 0 Å². The summed E-state index contributed by atoms with van der Waals surface area (Å²) in [5.74, 6) is -0.795. The molecule has 0 bridgehead atoms. The second kappa shape index (κ2) is 6.60. The van der Waals surface area contributed by atoms with Crippen LogP contribution in [0.15, 0.2) is 53.4 Å². The van der Waals surface area contributed by atoms with Crippen LogP contribution < -0.4 is 10.6 Å². The molecular weight excluding hydrogens is 358 g/mol. The average molecular weight is 373 g/mol. The Balaban J connectivity index is 1.77. The van der Waals surface area contributed by atoms with Crippen LogP contribution in [-0.4, -0.2) is 37.0 Å². The fourth-order valence-corrected chi connectivity index (χ4v) is 3.91. The molecule has 0 radical (unpaired) electrons. The standard InChI is InChI=1S/C17H15N3O5S/c1-11(21)12-6-8-13(9-7-12)18-16(22)10-20-17(23)19-14-4-2-3-5-15(14)26(20,24)25/h2-9H,10H2,1H3,(H,18,22)(H,19,23). The molecule has 3 amide bonds. The highest BCUT2D eigenvalue weighted by Gasteiger charge is 2.37. The lowest BCUT2D eigenvalue weighted by Crippen LogP contribution is -2.47. The van der Waals surface area contributed by atoms with Crippen molar-refractivity contribution < 1.29 is 22.8 Å². The Bertz CT molecular complexity index is 999. The summed E-state index contributed by atoms with van der Waals surface area (Å²) in [6.45, 7) is 0.752. The van der Waals surface area contributed by atoms with Crippen LogP contribution in [0.25, 0.3) is 0 Å². The summed E-state index contributed by atoms with van der Waals surface area (Å²) >= 11 is 0. The van der Waals surface area contributed by atoms with Gasteiger partial charge in [-0.15, -0.1) is 0 Å². The number of nitrogens with zero attached hydrogens (tertiary/aromatic N) is 1. The number of amides is 3. The second-order valence-corrected chi connectivity index (χ2v) is 7.45. The fourth-order valence-electron chi connectivity index (χ4n) is 2.48. The first-order valence-electron chi connectivity index (χ1n) is 7.62. The molecule has 0 atom stereocenters. The number of ketones is 1. The zero-order valence-electron chi connectivity index (χ0n) is 13.7. The van der Waals surface area contributed by atoms with E-state index in [2.05, 4.69) is 10.6 Å². The molecule has 0 aromatic heterocycles. The first-order chi connectivity index (χ1) is 12.3. The van der Waals surface area contributed by atoms with Crippen molar-refractivity contribution >= 4 is 39.1 Å². The third-order valence-electron chi connectivity index (χ3n) is 3.79. The Kier molecular flexibility index (Phi) is 4.47. The lowest BCUT2D eigenvalue weighted by Gasteiger charge is -2.28. The normalized spacial score (nSPS) is 15.0. The molecular formula is C17H15N3O5S. The minimum absolute atomic E-state index is 0.0711. The van der Waals surface area contributed by atoms with Gasteiger partial charge in [-0.05, 0) is 43.3 Å². The molecule has 2 aromatic carbocycles. The zero-order chi connectivity index (χ0) is 18.9. The van der Waals surface area contributed by atoms with E-state index in [-0.39, 0.29) is 16.4 Å². The highest BCUT2D eigenvalue weighted by Crippen LogP contribution is 2.29. The molecule has 0 fully saturated rings. The Morgan fingerprint density at radius 1 is 1.08 bits per heavy atom. The Labute approximate surface area is 149 Å². The maximum absolute atomic E-state index is 12.6. The molecule has 0 saturated heterocycles. The number of sulfonamides is 1. The first-order valence-corrected chi connectivity index (χ1v) is 9.06. The van der Waals surface area contributed by atoms with Crippen molar-refractivity contribution in [3.63, 3.8) is 0 Å². The molecule has 0 spiro atoms. The molecule has 0 aliphatic carbocycles. The molecule has 0 saturated carbocycles. The molecule has 2 N–H and O–H groups in total. The summed E-state index contributed by atoms with van der Waals surface area (Å²) in [7, 11) is -4.12. The summed E-state index contributed by atoms with van der Waals surface area (Å²) in [5.41, 5.74) is 1.04. The van der Waals surface area contributed by atoms with E-state index in [1.807, 2.05) is 0 Å². The van der Waals surface area contributed by atoms with Gasteiger partial charge in [0.1, 0.15) is 11.4 Å². The predicted molar refractivity (Wildman–Crippen MR) is 94.4 cm³/mol. The number of hydrogen-bond donors (Lipinski definition) is 2. The van der Waals surface area contributed by atoms with Crippen molar-refractivity contribution in [1.82, 2.24) is 4.31 Å². The zero-order valence-corrected chi connectivity index (χ0v) is 14.5. The number of nitrogens with one attached hydrogen (secondary N) is 2. The average Bonchev–Trinajstić information content (AvgIpc) is 2.59. The third-order valence-corrected chi connectivity index (χ3v) is 5.57. The van der Waals surface area contributed by atoms with E-state index in [4.69, 9.17) is 0 Å². The highest BCUT2D eigenvalue weighted by molar-refractivity contribution is 7.90. The SMILES string of the molecule is CC(=O)c1ccc(NC(=O)CN2C(=O)Nc3ccccc3S2(=O)=O)cc1. The van der Waals surface area contributed by atoms with Gasteiger partial charge in [0.25, 0.3) is 10.0 Å². The van der Waals surface area contributed by atoms with Gasteiger partial charge in [0.15, 0.2) is 5.78 Å². The summed E-state index contributed by atoms with van der Waals surface area (Å²) in [4.78, 5) is 35.5. The van der Waals surface area contributed by atoms with Crippen LogP contribution in [-0.2, 0) is 14.8 Å². The quantitative estimate of drug-likeness (QED) is 0.797. The molecule has 8 nitrogen and oxygen atoms in total. The van der Waals surface area contributed by atoms with Crippen LogP contribution in [0.5, 0.6) is 0 Å². The van der Waals surface area contributed by atoms with E-state index < -0.39 is 28.5 Å². The Hall–Kier alpha value is -3.20. The number of carbonyl (C=O) groups excluding carboxylic acids is 3. The molecule has 1 heterocycles. The van der Waals surface area contributed by atoms with Gasteiger partial charge in [-0.3, -0.25) is 9.59 Å². The summed E-state index contributed by atoms with van der Waals surface area (Å²) in [6, 6.07) is 11.2. The minimum Gasteiger partial charge on any atom is -0.325 e. The van der Waals surface area contributed by atoms with Gasteiger partial charge >= 0.3 is 6.03 Å². The van der Waals surface area contributed by atoms with Crippen molar-refractivity contribution in [2.24, 2.45) is 0 Å². The van der Waals surface area contributed by atoms with Gasteiger partial charge in [-0.25, -0.2) is 17.5 Å². The van der Waals surface area contributed by atoms with Crippen LogP contribution in [0.2, 0.25) is 0 Å². The molecule has 1 aliphatic rings. The number of hydrogen-bond acceptors (Lipinski definition) is 5. The molecule has 2 aromatic rings. The molecule has 26 heavy (non-hydrogen) atoms. The summed E-state index contributed by atoms with van der Waals surface area (Å²) < 4.78 is 25.6. The van der Waals surface area contributed by atoms with Gasteiger partial charge in [-0.1, -0.05) is 12.1 Å². The number of fused-ring (bicyclic) bond motifs is 1. The molecule has 3 rings (SSSR count). The smallest absolute Gasteiger partial charge is 0.325 e. The predicted octanol–water partition coefficient (Wildman–Crippen LogP) is 2.06. The number of carbonyl (C=O) groups is 3. The molecule has 0 unspecified atom stereocenters. The van der Waals surface area contributed by atoms with Gasteiger partial charge in [0.05, 0.1) is 5.69 Å². The molecule has 1 aliphatic heterocycles. The van der Waals surface area contributed by atoms with E-state index in [9.17, 15) is 22.8 Å². The van der Waals surface area contributed by atoms with Gasteiger partial charge < -0.3 is 10.6 Å². The van der Waals surface area contributed by atoms with E-state index >= 15 is 0 Å². The second-order valence-electron chi connectivity index (χ2n) is 5.62. The van der Waals surface area contributed by atoms with Gasteiger partial charge in [-0.2, -0.15) is 0 Å². The van der Waals surface area contributed by atoms with Crippen molar-refractivity contribution in [2.45, 2.75) is 11.8 Å². The summed E-state index contributed by atoms with van der Waals surface area (Å²) in [6.07, 6.45) is 0. The lowest BCUT2D eigenvalue weighted by molar-refractivity contribution is -0.116. The van der Waals surface area contributed by atoms with E-state index in [1.54, 1.807) is 18.2 Å². The van der Waals surface area contributed by atoms with Crippen LogP contribution in [0, 0.1) is 0 Å². The summed E-state index contributed by atoms with van der Waals surface area (Å²) in [5, 5.41) is 4.95. The minimum atomic E-state index is -4.12. The van der Waals surface area contributed by atoms with Crippen LogP contribution in [0.3, 0.4) is 0 Å². The fraction of sp³-hybridized carbons (Fsp3) is 0.118. The molecule has 134 valence electrons. The number of anilines is 2. The van der Waals surface area contributed by atoms with Crippen molar-refractivity contribution in [3.8, 4) is 0 Å². The van der Waals surface area contributed by atoms with Crippen molar-refractivity contribution in [1.29, 1.82) is 0 Å². The van der Waals surface area contributed by atoms with Gasteiger partial charge in [0, 0.05) is 11.3 Å². The maximum Gasteiger partial charge on any atom is 0.336 e.